The van der Waals surface area contributed by atoms with Gasteiger partial charge in [-0.05, 0) is 17.4 Å². The number of rotatable bonds is 9. The maximum atomic E-state index is 12.9. The first-order chi connectivity index (χ1) is 17.4. The van der Waals surface area contributed by atoms with E-state index in [1.165, 1.54) is 31.0 Å². The number of methoxy groups -OCH3 is 1. The minimum atomic E-state index is -0.706. The van der Waals surface area contributed by atoms with E-state index in [0.29, 0.717) is 53.9 Å². The van der Waals surface area contributed by atoms with Crippen LogP contribution in [0.1, 0.15) is 31.4 Å². The summed E-state index contributed by atoms with van der Waals surface area (Å²) in [4.78, 5) is 45.5. The summed E-state index contributed by atoms with van der Waals surface area (Å²) in [5, 5.41) is 16.9. The molecule has 1 aromatic rings. The smallest absolute Gasteiger partial charge is 0.338 e. The first-order valence-corrected chi connectivity index (χ1v) is 12.7. The Hall–Kier alpha value is -3.22. The molecule has 192 valence electrons. The van der Waals surface area contributed by atoms with Crippen molar-refractivity contribution in [2.45, 2.75) is 25.8 Å². The molecule has 3 aliphatic heterocycles. The van der Waals surface area contributed by atoms with E-state index in [1.54, 1.807) is 12.1 Å². The number of nitro groups is 1. The van der Waals surface area contributed by atoms with Crippen LogP contribution in [0.2, 0.25) is 0 Å². The zero-order valence-corrected chi connectivity index (χ0v) is 21.1. The SMILES string of the molecule is CCC1=C(C(=O)OC)C(c2cccc([N+](=O)[O-])c2)N2C(CC(=O)NCCN3CCOCC3)=CSC2=N1. The van der Waals surface area contributed by atoms with Crippen molar-refractivity contribution in [1.29, 1.82) is 0 Å². The molecule has 12 heteroatoms. The fraction of sp³-hybridized carbons (Fsp3) is 0.458. The molecule has 3 aliphatic rings. The molecule has 11 nitrogen and oxygen atoms in total. The molecule has 1 unspecified atom stereocenters. The Labute approximate surface area is 213 Å². The van der Waals surface area contributed by atoms with Gasteiger partial charge >= 0.3 is 5.97 Å². The minimum Gasteiger partial charge on any atom is -0.466 e. The Kier molecular flexibility index (Phi) is 8.39. The van der Waals surface area contributed by atoms with E-state index in [9.17, 15) is 19.7 Å². The van der Waals surface area contributed by atoms with Crippen molar-refractivity contribution in [3.05, 3.63) is 62.3 Å². The van der Waals surface area contributed by atoms with Gasteiger partial charge in [0.2, 0.25) is 5.91 Å². The normalized spacial score (nSPS) is 19.9. The summed E-state index contributed by atoms with van der Waals surface area (Å²) in [6, 6.07) is 5.47. The molecular formula is C24H29N5O6S. The van der Waals surface area contributed by atoms with Crippen LogP contribution >= 0.6 is 11.8 Å². The molecule has 1 N–H and O–H groups in total. The van der Waals surface area contributed by atoms with Gasteiger partial charge in [-0.25, -0.2) is 9.79 Å². The molecule has 3 heterocycles. The first kappa shape index (κ1) is 25.9. The average molecular weight is 516 g/mol. The van der Waals surface area contributed by atoms with Crippen molar-refractivity contribution in [3.8, 4) is 0 Å². The summed E-state index contributed by atoms with van der Waals surface area (Å²) in [6.45, 7) is 6.23. The van der Waals surface area contributed by atoms with Crippen LogP contribution in [0.3, 0.4) is 0 Å². The molecule has 1 atom stereocenters. The number of hydrogen-bond acceptors (Lipinski definition) is 10. The van der Waals surface area contributed by atoms with Crippen LogP contribution in [-0.4, -0.2) is 78.3 Å². The number of nitro benzene ring substituents is 1. The van der Waals surface area contributed by atoms with Gasteiger partial charge in [-0.1, -0.05) is 30.8 Å². The zero-order valence-electron chi connectivity index (χ0n) is 20.3. The van der Waals surface area contributed by atoms with Gasteiger partial charge in [0.15, 0.2) is 5.17 Å². The molecule has 0 radical (unpaired) electrons. The highest BCUT2D eigenvalue weighted by molar-refractivity contribution is 8.16. The number of thioether (sulfide) groups is 1. The van der Waals surface area contributed by atoms with Crippen LogP contribution in [0.5, 0.6) is 0 Å². The number of nitrogens with one attached hydrogen (secondary N) is 1. The predicted octanol–water partition coefficient (Wildman–Crippen LogP) is 2.57. The molecule has 1 amide bonds. The van der Waals surface area contributed by atoms with Crippen molar-refractivity contribution in [1.82, 2.24) is 15.1 Å². The molecule has 0 aliphatic carbocycles. The summed E-state index contributed by atoms with van der Waals surface area (Å²) < 4.78 is 10.4. The highest BCUT2D eigenvalue weighted by atomic mass is 32.2. The highest BCUT2D eigenvalue weighted by Gasteiger charge is 2.41. The number of benzene rings is 1. The maximum Gasteiger partial charge on any atom is 0.338 e. The number of nitrogens with zero attached hydrogens (tertiary/aromatic N) is 4. The number of amidine groups is 1. The molecule has 0 spiro atoms. The second kappa shape index (κ2) is 11.7. The lowest BCUT2D eigenvalue weighted by molar-refractivity contribution is -0.384. The van der Waals surface area contributed by atoms with Crippen LogP contribution in [0.25, 0.3) is 0 Å². The van der Waals surface area contributed by atoms with Gasteiger partial charge in [0, 0.05) is 44.0 Å². The van der Waals surface area contributed by atoms with Crippen molar-refractivity contribution in [3.63, 3.8) is 0 Å². The number of fused-ring (bicyclic) bond motifs is 1. The lowest BCUT2D eigenvalue weighted by atomic mass is 9.92. The number of aliphatic imine (C=N–C) groups is 1. The van der Waals surface area contributed by atoms with Crippen molar-refractivity contribution >= 4 is 34.5 Å². The van der Waals surface area contributed by atoms with Gasteiger partial charge < -0.3 is 19.7 Å². The zero-order chi connectivity index (χ0) is 25.7. The Balaban J connectivity index is 1.58. The summed E-state index contributed by atoms with van der Waals surface area (Å²) in [6.07, 6.45) is 0.557. The summed E-state index contributed by atoms with van der Waals surface area (Å²) in [5.74, 6) is -0.712. The predicted molar refractivity (Wildman–Crippen MR) is 135 cm³/mol. The van der Waals surface area contributed by atoms with Crippen LogP contribution in [0.15, 0.2) is 51.6 Å². The number of non-ortho nitro benzene ring substituents is 1. The molecule has 0 bridgehead atoms. The Bertz CT molecular complexity index is 1130. The third-order valence-electron chi connectivity index (χ3n) is 6.22. The molecule has 0 aromatic heterocycles. The van der Waals surface area contributed by atoms with E-state index in [4.69, 9.17) is 9.47 Å². The number of hydrogen-bond donors (Lipinski definition) is 1. The molecule has 0 saturated carbocycles. The topological polar surface area (TPSA) is 127 Å². The monoisotopic (exact) mass is 515 g/mol. The van der Waals surface area contributed by atoms with Crippen molar-refractivity contribution in [2.24, 2.45) is 4.99 Å². The van der Waals surface area contributed by atoms with E-state index >= 15 is 0 Å². The number of allylic oxidation sites excluding steroid dienone is 1. The van der Waals surface area contributed by atoms with E-state index < -0.39 is 16.9 Å². The number of esters is 1. The quantitative estimate of drug-likeness (QED) is 0.300. The highest BCUT2D eigenvalue weighted by Crippen LogP contribution is 2.45. The summed E-state index contributed by atoms with van der Waals surface area (Å²) >= 11 is 1.36. The van der Waals surface area contributed by atoms with Gasteiger partial charge in [0.1, 0.15) is 0 Å². The van der Waals surface area contributed by atoms with Gasteiger partial charge in [0.25, 0.3) is 5.69 Å². The van der Waals surface area contributed by atoms with Crippen molar-refractivity contribution < 1.29 is 24.0 Å². The molecule has 1 fully saturated rings. The van der Waals surface area contributed by atoms with Gasteiger partial charge in [-0.15, -0.1) is 0 Å². The molecule has 1 aromatic carbocycles. The molecular weight excluding hydrogens is 486 g/mol. The van der Waals surface area contributed by atoms with E-state index in [-0.39, 0.29) is 18.0 Å². The largest absolute Gasteiger partial charge is 0.466 e. The second-order valence-electron chi connectivity index (χ2n) is 8.43. The maximum absolute atomic E-state index is 12.9. The lowest BCUT2D eigenvalue weighted by Crippen LogP contribution is -2.42. The van der Waals surface area contributed by atoms with Crippen molar-refractivity contribution in [2.75, 3.05) is 46.5 Å². The van der Waals surface area contributed by atoms with Gasteiger partial charge in [0.05, 0.1) is 49.0 Å². The fourth-order valence-electron chi connectivity index (χ4n) is 4.44. The van der Waals surface area contributed by atoms with Crippen LogP contribution in [0, 0.1) is 10.1 Å². The summed E-state index contributed by atoms with van der Waals surface area (Å²) in [5.41, 5.74) is 1.99. The fourth-order valence-corrected chi connectivity index (χ4v) is 5.38. The second-order valence-corrected chi connectivity index (χ2v) is 9.27. The number of carbonyl (C=O) groups excluding carboxylic acids is 2. The minimum absolute atomic E-state index is 0.0798. The molecule has 1 saturated heterocycles. The first-order valence-electron chi connectivity index (χ1n) is 11.8. The van der Waals surface area contributed by atoms with E-state index in [2.05, 4.69) is 15.2 Å². The van der Waals surface area contributed by atoms with Gasteiger partial charge in [-0.2, -0.15) is 0 Å². The Morgan fingerprint density at radius 2 is 2.11 bits per heavy atom. The number of amides is 1. The van der Waals surface area contributed by atoms with E-state index in [0.717, 1.165) is 19.6 Å². The average Bonchev–Trinajstić information content (AvgIpc) is 3.29. The Morgan fingerprint density at radius 3 is 2.81 bits per heavy atom. The third kappa shape index (κ3) is 5.61. The molecule has 4 rings (SSSR count). The third-order valence-corrected chi connectivity index (χ3v) is 7.11. The van der Waals surface area contributed by atoms with Crippen LogP contribution in [-0.2, 0) is 19.1 Å². The van der Waals surface area contributed by atoms with E-state index in [1.807, 2.05) is 17.2 Å². The lowest BCUT2D eigenvalue weighted by Gasteiger charge is -2.36. The summed E-state index contributed by atoms with van der Waals surface area (Å²) in [7, 11) is 1.30. The standard InChI is InChI=1S/C24H29N5O6S/c1-3-19-21(23(31)34-2)22(16-5-4-6-17(13-16)29(32)33)28-18(15-36-24(28)26-19)14-20(30)25-7-8-27-9-11-35-12-10-27/h4-6,13,15,22H,3,7-12,14H2,1-2H3,(H,25,30). The van der Waals surface area contributed by atoms with Crippen LogP contribution < -0.4 is 5.32 Å². The van der Waals surface area contributed by atoms with Crippen LogP contribution in [0.4, 0.5) is 5.69 Å². The number of ether oxygens (including phenoxy) is 2. The number of carbonyl (C=O) groups is 2. The molecule has 36 heavy (non-hydrogen) atoms. The van der Waals surface area contributed by atoms with Gasteiger partial charge in [-0.3, -0.25) is 19.8 Å². The Morgan fingerprint density at radius 1 is 1.33 bits per heavy atom. The number of morpholine rings is 1.